The zero-order valence-corrected chi connectivity index (χ0v) is 41.6. The summed E-state index contributed by atoms with van der Waals surface area (Å²) in [6.45, 7) is -7.33. The maximum Gasteiger partial charge on any atom is 0.187 e. The standard InChI is InChI=1S/C42H70O35.H2O3/c43-1-8-29-15(50)22(57)36(64-8)72-30-9(2-44)66-38(24(59)17(30)52)74-32-11(4-46)68-40(26(61)19(32)54)76-34-13(6-48)70-42(28(63)21(34)56)77-35-14(7-49)69-41(27(62)20(35)55)75-33-12(5-47)67-39(25(60)18(33)53)73-31-10(3-45)65-37(71-29)23(58)16(31)51;1-3-2/h8-63H,1-7H2;1-2H/t8-,9-,10-,11-,12-,13-,14-,15-,16-,17-,18-,19-,20-,21-,22-,23-,24-,25-,26-,27-,28-,29-,30-,31-,32-,33-,34-,35-,36-,37-,38-,39-,40-,41-,42-;/m1./s1. The molecule has 0 saturated carbocycles. The summed E-state index contributed by atoms with van der Waals surface area (Å²) < 4.78 is 79.5. The third kappa shape index (κ3) is 13.4. The number of hydrogen-bond acceptors (Lipinski definition) is 38. The molecule has 0 aliphatic carbocycles. The highest BCUT2D eigenvalue weighted by molar-refractivity contribution is 5.01. The zero-order valence-electron chi connectivity index (χ0n) is 41.6. The Hall–Kier alpha value is -1.52. The molecular weight excluding hydrogens is 1110 g/mol. The molecule has 80 heavy (non-hydrogen) atoms. The van der Waals surface area contributed by atoms with Crippen LogP contribution in [0.3, 0.4) is 0 Å². The van der Waals surface area contributed by atoms with Crippen molar-refractivity contribution in [1.82, 2.24) is 0 Å². The fourth-order valence-corrected chi connectivity index (χ4v) is 10.4. The van der Waals surface area contributed by atoms with Crippen molar-refractivity contribution in [3.05, 3.63) is 0 Å². The van der Waals surface area contributed by atoms with E-state index in [2.05, 4.69) is 5.04 Å². The van der Waals surface area contributed by atoms with Gasteiger partial charge in [-0.3, -0.25) is 0 Å². The number of hydrogen-bond donors (Lipinski definition) is 23. The first-order valence-corrected chi connectivity index (χ1v) is 25.0. The normalized spacial score (nSPS) is 53.5. The molecule has 21 saturated heterocycles. The van der Waals surface area contributed by atoms with E-state index >= 15 is 0 Å². The lowest BCUT2D eigenvalue weighted by Crippen LogP contribution is -2.68. The number of ether oxygens (including phenoxy) is 14. The maximum absolute atomic E-state index is 11.3. The third-order valence-electron chi connectivity index (χ3n) is 14.8. The van der Waals surface area contributed by atoms with Crippen LogP contribution in [0.4, 0.5) is 0 Å². The molecule has 21 heterocycles. The highest BCUT2D eigenvalue weighted by Crippen LogP contribution is 2.39. The van der Waals surface area contributed by atoms with Crippen LogP contribution in [0.25, 0.3) is 0 Å². The molecule has 0 aromatic carbocycles. The molecule has 0 amide bonds. The molecule has 21 fully saturated rings. The van der Waals surface area contributed by atoms with Crippen LogP contribution in [0.5, 0.6) is 0 Å². The Labute approximate surface area is 449 Å². The van der Waals surface area contributed by atoms with E-state index in [4.69, 9.17) is 76.8 Å². The van der Waals surface area contributed by atoms with Crippen molar-refractivity contribution in [2.75, 3.05) is 46.2 Å². The molecular formula is C42H72O38. The topological polar surface area (TPSA) is 604 Å². The van der Waals surface area contributed by atoms with E-state index in [1.807, 2.05) is 0 Å². The van der Waals surface area contributed by atoms with E-state index in [1.165, 1.54) is 0 Å². The molecule has 21 rings (SSSR count). The van der Waals surface area contributed by atoms with Gasteiger partial charge in [0.2, 0.25) is 0 Å². The average molecular weight is 1190 g/mol. The van der Waals surface area contributed by atoms with Crippen molar-refractivity contribution in [3.63, 3.8) is 0 Å². The Morgan fingerprint density at radius 2 is 0.287 bits per heavy atom. The minimum atomic E-state index is -2.21. The molecule has 21 aliphatic rings. The Morgan fingerprint density at radius 1 is 0.188 bits per heavy atom. The monoisotopic (exact) mass is 1180 g/mol. The van der Waals surface area contributed by atoms with Gasteiger partial charge in [0.15, 0.2) is 44.0 Å². The molecule has 468 valence electrons. The van der Waals surface area contributed by atoms with Gasteiger partial charge in [-0.2, -0.15) is 0 Å². The second-order valence-electron chi connectivity index (χ2n) is 19.7. The van der Waals surface area contributed by atoms with Crippen LogP contribution >= 0.6 is 0 Å². The van der Waals surface area contributed by atoms with E-state index < -0.39 is 261 Å². The minimum absolute atomic E-state index is 1.05. The second kappa shape index (κ2) is 28.8. The molecule has 0 radical (unpaired) electrons. The lowest BCUT2D eigenvalue weighted by atomic mass is 9.95. The van der Waals surface area contributed by atoms with Gasteiger partial charge in [-0.15, -0.1) is 0 Å². The van der Waals surface area contributed by atoms with Crippen LogP contribution in [0.1, 0.15) is 0 Å². The summed E-state index contributed by atoms with van der Waals surface area (Å²) in [5.41, 5.74) is 0. The van der Waals surface area contributed by atoms with E-state index in [0.29, 0.717) is 0 Å². The van der Waals surface area contributed by atoms with E-state index in [-0.39, 0.29) is 0 Å². The maximum atomic E-state index is 11.3. The predicted molar refractivity (Wildman–Crippen MR) is 235 cm³/mol. The largest absolute Gasteiger partial charge is 0.394 e. The predicted octanol–water partition coefficient (Wildman–Crippen LogP) is -15.3. The van der Waals surface area contributed by atoms with Crippen LogP contribution in [0, 0.1) is 0 Å². The molecule has 38 heteroatoms. The van der Waals surface area contributed by atoms with Gasteiger partial charge >= 0.3 is 0 Å². The third-order valence-corrected chi connectivity index (χ3v) is 14.8. The first-order chi connectivity index (χ1) is 38.1. The van der Waals surface area contributed by atoms with Gasteiger partial charge in [-0.05, 0) is 0 Å². The van der Waals surface area contributed by atoms with Gasteiger partial charge in [0.25, 0.3) is 0 Å². The Morgan fingerprint density at radius 3 is 0.375 bits per heavy atom. The molecule has 38 nitrogen and oxygen atoms in total. The molecule has 0 aromatic heterocycles. The summed E-state index contributed by atoms with van der Waals surface area (Å²) in [5, 5.41) is 246. The van der Waals surface area contributed by atoms with Crippen LogP contribution in [0.2, 0.25) is 0 Å². The summed E-state index contributed by atoms with van der Waals surface area (Å²) >= 11 is 0. The van der Waals surface area contributed by atoms with Gasteiger partial charge in [0.05, 0.1) is 46.2 Å². The molecule has 0 unspecified atom stereocenters. The van der Waals surface area contributed by atoms with Gasteiger partial charge in [0, 0.05) is 0 Å². The van der Waals surface area contributed by atoms with Crippen LogP contribution in [-0.2, 0) is 71.4 Å². The van der Waals surface area contributed by atoms with Gasteiger partial charge in [-0.25, -0.2) is 10.5 Å². The lowest BCUT2D eigenvalue weighted by molar-refractivity contribution is -0.465. The first-order valence-electron chi connectivity index (χ1n) is 25.0. The van der Waals surface area contributed by atoms with Crippen molar-refractivity contribution in [1.29, 1.82) is 0 Å². The van der Waals surface area contributed by atoms with Gasteiger partial charge in [0.1, 0.15) is 171 Å². The van der Waals surface area contributed by atoms with Crippen LogP contribution in [-0.4, -0.2) is 379 Å². The molecule has 21 aliphatic heterocycles. The Balaban J connectivity index is 0.00000301. The lowest BCUT2D eigenvalue weighted by Gasteiger charge is -2.50. The quantitative estimate of drug-likeness (QED) is 0.0831. The highest BCUT2D eigenvalue weighted by Gasteiger charge is 2.59. The van der Waals surface area contributed by atoms with Crippen molar-refractivity contribution >= 4 is 0 Å². The smallest absolute Gasteiger partial charge is 0.187 e. The zero-order chi connectivity index (χ0) is 58.8. The second-order valence-corrected chi connectivity index (χ2v) is 19.7. The Kier molecular flexibility index (Phi) is 23.8. The summed E-state index contributed by atoms with van der Waals surface area (Å²) in [5.74, 6) is 0. The average Bonchev–Trinajstić information content (AvgIpc) is 3.52. The Bertz CT molecular complexity index is 1490. The SMILES string of the molecule is OC[C@H]1O[C@@H]2O[C@H]3[C@H](O)[C@@H](O)[C@@H](O[C@H]4[C@H](O)[C@@H](O)[C@@H](O[C@H]5[C@H](O)[C@@H](O)[C@@H](O[C@H]6[C@H](O)[C@@H](O)[C@@H](O[C@H]7[C@H](O)[C@@H](O)[C@@H](O[C@H]8[C@H](O)[C@@H](O)[C@@H](O[C@H]1[C@H](O)[C@H]2O)O[C@@H]8CO)O[C@@H]7CO)O[C@@H]6CO)O[C@@H]5CO)O[C@@H]4CO)O[C@@H]3CO.OOO. The molecule has 0 aromatic rings. The fourth-order valence-electron chi connectivity index (χ4n) is 10.4. The van der Waals surface area contributed by atoms with E-state index in [1.54, 1.807) is 0 Å². The number of aliphatic hydroxyl groups excluding tert-OH is 21. The van der Waals surface area contributed by atoms with Crippen molar-refractivity contribution in [3.8, 4) is 0 Å². The van der Waals surface area contributed by atoms with Crippen molar-refractivity contribution in [2.45, 2.75) is 215 Å². The van der Waals surface area contributed by atoms with Crippen molar-refractivity contribution in [2.24, 2.45) is 0 Å². The van der Waals surface area contributed by atoms with Crippen molar-refractivity contribution < 1.29 is 189 Å². The van der Waals surface area contributed by atoms with Gasteiger partial charge in [-0.1, -0.05) is 5.04 Å². The van der Waals surface area contributed by atoms with E-state index in [0.717, 1.165) is 0 Å². The number of aliphatic hydroxyl groups is 21. The minimum Gasteiger partial charge on any atom is -0.394 e. The molecule has 35 atom stereocenters. The van der Waals surface area contributed by atoms with Crippen LogP contribution < -0.4 is 0 Å². The summed E-state index contributed by atoms with van der Waals surface area (Å²) in [6.07, 6.45) is -70.2. The molecule has 23 N–H and O–H groups in total. The van der Waals surface area contributed by atoms with E-state index in [9.17, 15) is 107 Å². The fraction of sp³-hybridized carbons (Fsp3) is 1.00. The van der Waals surface area contributed by atoms with Crippen LogP contribution in [0.15, 0.2) is 0 Å². The summed E-state index contributed by atoms with van der Waals surface area (Å²) in [7, 11) is 0. The number of rotatable bonds is 7. The first kappa shape index (κ1) is 66.0. The summed E-state index contributed by atoms with van der Waals surface area (Å²) in [6, 6.07) is 0. The summed E-state index contributed by atoms with van der Waals surface area (Å²) in [4.78, 5) is 0. The molecule has 14 bridgehead atoms. The highest BCUT2D eigenvalue weighted by atomic mass is 17.4. The van der Waals surface area contributed by atoms with Gasteiger partial charge < -0.3 is 174 Å². The molecule has 0 spiro atoms.